The van der Waals surface area contributed by atoms with Gasteiger partial charge in [-0.05, 0) is 41.1 Å². The minimum absolute atomic E-state index is 0.0633. The molecule has 2 atom stereocenters. The predicted molar refractivity (Wildman–Crippen MR) is 78.7 cm³/mol. The molecule has 0 radical (unpaired) electrons. The maximum atomic E-state index is 12.2. The van der Waals surface area contributed by atoms with Gasteiger partial charge in [-0.2, -0.15) is 0 Å². The first-order valence-corrected chi connectivity index (χ1v) is 8.41. The Hall–Kier alpha value is -0.670. The van der Waals surface area contributed by atoms with E-state index in [9.17, 15) is 13.5 Å². The largest absolute Gasteiger partial charge is 0.398 e. The van der Waals surface area contributed by atoms with Gasteiger partial charge in [-0.15, -0.1) is 0 Å². The second kappa shape index (κ2) is 5.61. The molecule has 2 unspecified atom stereocenters. The molecular weight excluding hydrogens is 348 g/mol. The quantitative estimate of drug-likeness (QED) is 0.687. The van der Waals surface area contributed by atoms with Crippen LogP contribution >= 0.6 is 15.9 Å². The summed E-state index contributed by atoms with van der Waals surface area (Å²) >= 11 is 3.21. The topological polar surface area (TPSA) is 102 Å². The lowest BCUT2D eigenvalue weighted by Crippen LogP contribution is -2.47. The fourth-order valence-corrected chi connectivity index (χ4v) is 3.38. The van der Waals surface area contributed by atoms with Crippen molar-refractivity contribution in [2.45, 2.75) is 29.9 Å². The summed E-state index contributed by atoms with van der Waals surface area (Å²) in [6.07, 6.45) is -0.000657. The van der Waals surface area contributed by atoms with Gasteiger partial charge in [0, 0.05) is 29.7 Å². The number of ether oxygens (including phenoxy) is 1. The zero-order chi connectivity index (χ0) is 15.0. The third-order valence-corrected chi connectivity index (χ3v) is 5.63. The van der Waals surface area contributed by atoms with Crippen LogP contribution in [0.5, 0.6) is 0 Å². The summed E-state index contributed by atoms with van der Waals surface area (Å²) in [6, 6.07) is 4.38. The molecule has 0 bridgehead atoms. The molecule has 6 nitrogen and oxygen atoms in total. The first kappa shape index (κ1) is 15.7. The third-order valence-electron chi connectivity index (χ3n) is 3.51. The van der Waals surface area contributed by atoms with Gasteiger partial charge in [-0.1, -0.05) is 0 Å². The van der Waals surface area contributed by atoms with Gasteiger partial charge < -0.3 is 15.6 Å². The zero-order valence-corrected chi connectivity index (χ0v) is 13.4. The normalized spacial score (nSPS) is 26.9. The first-order valence-electron chi connectivity index (χ1n) is 6.13. The highest BCUT2D eigenvalue weighted by Gasteiger charge is 2.40. The van der Waals surface area contributed by atoms with Crippen LogP contribution in [0.1, 0.15) is 13.3 Å². The van der Waals surface area contributed by atoms with Gasteiger partial charge in [0.1, 0.15) is 5.60 Å². The number of nitrogens with one attached hydrogen (secondary N) is 1. The van der Waals surface area contributed by atoms with Crippen molar-refractivity contribution < 1.29 is 18.3 Å². The maximum absolute atomic E-state index is 12.2. The van der Waals surface area contributed by atoms with E-state index in [1.165, 1.54) is 12.1 Å². The number of aliphatic hydroxyl groups is 1. The van der Waals surface area contributed by atoms with Gasteiger partial charge in [-0.25, -0.2) is 13.1 Å². The Morgan fingerprint density at radius 1 is 1.60 bits per heavy atom. The number of hydrogen-bond donors (Lipinski definition) is 3. The molecule has 1 aliphatic rings. The van der Waals surface area contributed by atoms with E-state index in [1.807, 2.05) is 0 Å². The minimum atomic E-state index is -3.71. The molecule has 1 aromatic carbocycles. The highest BCUT2D eigenvalue weighted by Crippen LogP contribution is 2.26. The van der Waals surface area contributed by atoms with Crippen molar-refractivity contribution in [1.29, 1.82) is 0 Å². The van der Waals surface area contributed by atoms with Crippen LogP contribution in [0, 0.1) is 0 Å². The molecule has 0 aliphatic carbocycles. The molecule has 0 saturated carbocycles. The minimum Gasteiger partial charge on any atom is -0.398 e. The van der Waals surface area contributed by atoms with E-state index in [0.717, 1.165) is 0 Å². The average molecular weight is 365 g/mol. The van der Waals surface area contributed by atoms with Gasteiger partial charge in [0.05, 0.1) is 11.0 Å². The smallest absolute Gasteiger partial charge is 0.240 e. The summed E-state index contributed by atoms with van der Waals surface area (Å²) < 4.78 is 32.6. The van der Waals surface area contributed by atoms with Crippen LogP contribution in [0.4, 0.5) is 5.69 Å². The van der Waals surface area contributed by atoms with E-state index in [4.69, 9.17) is 10.5 Å². The molecule has 1 fully saturated rings. The van der Waals surface area contributed by atoms with E-state index >= 15 is 0 Å². The van der Waals surface area contributed by atoms with Crippen molar-refractivity contribution in [3.8, 4) is 0 Å². The second-order valence-electron chi connectivity index (χ2n) is 4.87. The van der Waals surface area contributed by atoms with Gasteiger partial charge >= 0.3 is 0 Å². The summed E-state index contributed by atoms with van der Waals surface area (Å²) in [4.78, 5) is 0.0633. The Morgan fingerprint density at radius 3 is 2.85 bits per heavy atom. The van der Waals surface area contributed by atoms with E-state index < -0.39 is 21.7 Å². The van der Waals surface area contributed by atoms with Gasteiger partial charge in [-0.3, -0.25) is 0 Å². The van der Waals surface area contributed by atoms with Crippen molar-refractivity contribution in [3.05, 3.63) is 22.7 Å². The Bertz CT molecular complexity index is 607. The van der Waals surface area contributed by atoms with E-state index in [-0.39, 0.29) is 11.4 Å². The fraction of sp³-hybridized carbons (Fsp3) is 0.500. The van der Waals surface area contributed by atoms with Gasteiger partial charge in [0.2, 0.25) is 10.0 Å². The Labute approximate surface area is 126 Å². The molecule has 1 saturated heterocycles. The van der Waals surface area contributed by atoms with Crippen molar-refractivity contribution in [2.75, 3.05) is 18.9 Å². The number of nitrogen functional groups attached to an aromatic ring is 1. The van der Waals surface area contributed by atoms with Crippen molar-refractivity contribution in [3.63, 3.8) is 0 Å². The molecule has 4 N–H and O–H groups in total. The first-order chi connectivity index (χ1) is 9.24. The monoisotopic (exact) mass is 364 g/mol. The Morgan fingerprint density at radius 2 is 2.30 bits per heavy atom. The molecule has 0 amide bonds. The lowest BCUT2D eigenvalue weighted by Gasteiger charge is -2.26. The number of nitrogens with two attached hydrogens (primary N) is 1. The Balaban J connectivity index is 2.13. The van der Waals surface area contributed by atoms with Crippen LogP contribution in [0.25, 0.3) is 0 Å². The number of anilines is 1. The van der Waals surface area contributed by atoms with E-state index in [2.05, 4.69) is 20.7 Å². The number of hydrogen-bond acceptors (Lipinski definition) is 5. The molecule has 2 rings (SSSR count). The fourth-order valence-electron chi connectivity index (χ4n) is 2.00. The Kier molecular flexibility index (Phi) is 4.41. The van der Waals surface area contributed by atoms with Gasteiger partial charge in [0.25, 0.3) is 0 Å². The summed E-state index contributed by atoms with van der Waals surface area (Å²) in [5, 5.41) is 10.3. The molecule has 1 heterocycles. The molecule has 0 spiro atoms. The second-order valence-corrected chi connectivity index (χ2v) is 7.50. The summed E-state index contributed by atoms with van der Waals surface area (Å²) in [6.45, 7) is 2.05. The van der Waals surface area contributed by atoms with E-state index in [1.54, 1.807) is 13.0 Å². The van der Waals surface area contributed by atoms with Crippen LogP contribution in [0.2, 0.25) is 0 Å². The predicted octanol–water partition coefficient (Wildman–Crippen LogP) is 0.849. The highest BCUT2D eigenvalue weighted by molar-refractivity contribution is 9.10. The van der Waals surface area contributed by atoms with Crippen LogP contribution in [-0.2, 0) is 14.8 Å². The van der Waals surface area contributed by atoms with Crippen LogP contribution in [0.15, 0.2) is 27.6 Å². The van der Waals surface area contributed by atoms with Crippen LogP contribution in [0.3, 0.4) is 0 Å². The molecule has 112 valence electrons. The summed E-state index contributed by atoms with van der Waals surface area (Å²) in [5.41, 5.74) is 4.84. The molecule has 1 aliphatic heterocycles. The summed E-state index contributed by atoms with van der Waals surface area (Å²) in [5.74, 6) is 0. The van der Waals surface area contributed by atoms with Crippen molar-refractivity contribution in [2.24, 2.45) is 0 Å². The number of halogens is 1. The number of sulfonamides is 1. The molecule has 20 heavy (non-hydrogen) atoms. The highest BCUT2D eigenvalue weighted by atomic mass is 79.9. The maximum Gasteiger partial charge on any atom is 0.240 e. The van der Waals surface area contributed by atoms with E-state index in [0.29, 0.717) is 23.2 Å². The lowest BCUT2D eigenvalue weighted by molar-refractivity contribution is -0.0228. The standard InChI is InChI=1S/C12H17BrN2O4S/c1-8-12(16,4-5-19-8)7-15-20(17,18)9-2-3-10(13)11(14)6-9/h2-3,6,8,15-16H,4-5,7,14H2,1H3. The molecule has 1 aromatic rings. The number of benzene rings is 1. The molecule has 8 heteroatoms. The van der Waals surface area contributed by atoms with Crippen LogP contribution in [-0.4, -0.2) is 38.4 Å². The summed E-state index contributed by atoms with van der Waals surface area (Å²) in [7, 11) is -3.71. The average Bonchev–Trinajstić information content (AvgIpc) is 2.71. The number of rotatable bonds is 4. The van der Waals surface area contributed by atoms with Crippen molar-refractivity contribution >= 4 is 31.6 Å². The molecule has 0 aromatic heterocycles. The zero-order valence-electron chi connectivity index (χ0n) is 11.0. The molecular formula is C12H17BrN2O4S. The van der Waals surface area contributed by atoms with Crippen LogP contribution < -0.4 is 10.5 Å². The van der Waals surface area contributed by atoms with Crippen molar-refractivity contribution in [1.82, 2.24) is 4.72 Å². The third kappa shape index (κ3) is 3.15. The lowest BCUT2D eigenvalue weighted by atomic mass is 9.97. The SMILES string of the molecule is CC1OCCC1(O)CNS(=O)(=O)c1ccc(Br)c(N)c1. The van der Waals surface area contributed by atoms with Gasteiger partial charge in [0.15, 0.2) is 0 Å².